The van der Waals surface area contributed by atoms with E-state index in [1.807, 2.05) is 19.1 Å². The number of piperidine rings is 1. The number of carbonyl (C=O) groups is 1. The van der Waals surface area contributed by atoms with Gasteiger partial charge in [-0.2, -0.15) is 0 Å². The first kappa shape index (κ1) is 13.3. The maximum atomic E-state index is 12.3. The van der Waals surface area contributed by atoms with E-state index in [2.05, 4.69) is 4.98 Å². The Kier molecular flexibility index (Phi) is 3.58. The lowest BCUT2D eigenvalue weighted by atomic mass is 10.1. The number of hydrogen-bond donors (Lipinski definition) is 1. The second kappa shape index (κ2) is 5.38. The number of rotatable bonds is 2. The molecule has 3 rings (SSSR count). The summed E-state index contributed by atoms with van der Waals surface area (Å²) in [7, 11) is 0. The van der Waals surface area contributed by atoms with Crippen LogP contribution in [-0.2, 0) is 0 Å². The molecule has 1 aliphatic rings. The third kappa shape index (κ3) is 2.62. The molecule has 6 heteroatoms. The van der Waals surface area contributed by atoms with E-state index in [4.69, 9.17) is 4.42 Å². The van der Waals surface area contributed by atoms with Crippen LogP contribution in [0.25, 0.3) is 10.8 Å². The number of aromatic nitrogens is 1. The summed E-state index contributed by atoms with van der Waals surface area (Å²) >= 11 is 1.41. The number of likely N-dealkylation sites (tertiary alicyclic amines) is 1. The predicted octanol–water partition coefficient (Wildman–Crippen LogP) is 2.31. The van der Waals surface area contributed by atoms with Gasteiger partial charge in [-0.05, 0) is 31.9 Å². The van der Waals surface area contributed by atoms with Crippen LogP contribution in [0, 0.1) is 6.92 Å². The number of aryl methyl sites for hydroxylation is 1. The molecular weight excluding hydrogens is 276 g/mol. The molecule has 20 heavy (non-hydrogen) atoms. The molecule has 106 valence electrons. The van der Waals surface area contributed by atoms with E-state index in [0.717, 1.165) is 10.8 Å². The molecule has 0 bridgehead atoms. The van der Waals surface area contributed by atoms with E-state index >= 15 is 0 Å². The fourth-order valence-electron chi connectivity index (χ4n) is 2.27. The Labute approximate surface area is 120 Å². The van der Waals surface area contributed by atoms with Crippen LogP contribution < -0.4 is 0 Å². The van der Waals surface area contributed by atoms with E-state index in [0.29, 0.717) is 37.4 Å². The van der Waals surface area contributed by atoms with Crippen molar-refractivity contribution in [2.45, 2.75) is 25.9 Å². The van der Waals surface area contributed by atoms with Crippen LogP contribution in [0.3, 0.4) is 0 Å². The van der Waals surface area contributed by atoms with Crippen LogP contribution in [0.2, 0.25) is 0 Å². The zero-order chi connectivity index (χ0) is 14.1. The standard InChI is InChI=1S/C14H16N2O3S/c1-9-2-3-12(19-9)13-15-11(8-20-13)14(18)16-6-4-10(17)5-7-16/h2-3,8,10,17H,4-7H2,1H3. The maximum absolute atomic E-state index is 12.3. The summed E-state index contributed by atoms with van der Waals surface area (Å²) in [5.41, 5.74) is 0.454. The summed E-state index contributed by atoms with van der Waals surface area (Å²) in [6.07, 6.45) is 0.997. The van der Waals surface area contributed by atoms with Crippen LogP contribution in [0.15, 0.2) is 21.9 Å². The number of furan rings is 1. The number of thiazole rings is 1. The van der Waals surface area contributed by atoms with Crippen molar-refractivity contribution in [3.05, 3.63) is 29.0 Å². The maximum Gasteiger partial charge on any atom is 0.273 e. The predicted molar refractivity (Wildman–Crippen MR) is 75.7 cm³/mol. The molecule has 0 unspecified atom stereocenters. The van der Waals surface area contributed by atoms with Gasteiger partial charge in [0.15, 0.2) is 10.8 Å². The highest BCUT2D eigenvalue weighted by Crippen LogP contribution is 2.26. The number of hydrogen-bond acceptors (Lipinski definition) is 5. The van der Waals surface area contributed by atoms with E-state index in [9.17, 15) is 9.90 Å². The number of aliphatic hydroxyl groups is 1. The van der Waals surface area contributed by atoms with Crippen molar-refractivity contribution >= 4 is 17.2 Å². The first-order valence-corrected chi connectivity index (χ1v) is 7.51. The van der Waals surface area contributed by atoms with Crippen molar-refractivity contribution in [1.82, 2.24) is 9.88 Å². The Balaban J connectivity index is 1.75. The molecule has 0 aromatic carbocycles. The highest BCUT2D eigenvalue weighted by Gasteiger charge is 2.24. The normalized spacial score (nSPS) is 16.6. The van der Waals surface area contributed by atoms with Crippen LogP contribution in [-0.4, -0.2) is 40.1 Å². The van der Waals surface area contributed by atoms with Gasteiger partial charge in [-0.1, -0.05) is 0 Å². The molecule has 0 atom stereocenters. The minimum absolute atomic E-state index is 0.0670. The topological polar surface area (TPSA) is 66.6 Å². The first-order chi connectivity index (χ1) is 9.63. The molecule has 1 saturated heterocycles. The lowest BCUT2D eigenvalue weighted by Gasteiger charge is -2.28. The van der Waals surface area contributed by atoms with E-state index in [1.165, 1.54) is 11.3 Å². The Morgan fingerprint density at radius 1 is 1.45 bits per heavy atom. The Hall–Kier alpha value is -1.66. The van der Waals surface area contributed by atoms with E-state index in [1.54, 1.807) is 10.3 Å². The largest absolute Gasteiger partial charge is 0.459 e. The molecular formula is C14H16N2O3S. The molecule has 1 N–H and O–H groups in total. The number of aliphatic hydroxyl groups excluding tert-OH is 1. The lowest BCUT2D eigenvalue weighted by Crippen LogP contribution is -2.40. The number of nitrogens with zero attached hydrogens (tertiary/aromatic N) is 2. The van der Waals surface area contributed by atoms with Crippen molar-refractivity contribution in [3.8, 4) is 10.8 Å². The van der Waals surface area contributed by atoms with Crippen LogP contribution in [0.5, 0.6) is 0 Å². The molecule has 1 amide bonds. The fourth-order valence-corrected chi connectivity index (χ4v) is 3.02. The van der Waals surface area contributed by atoms with E-state index < -0.39 is 0 Å². The summed E-state index contributed by atoms with van der Waals surface area (Å²) in [6, 6.07) is 3.74. The molecule has 3 heterocycles. The van der Waals surface area contributed by atoms with Crippen LogP contribution in [0.1, 0.15) is 29.1 Å². The number of carbonyl (C=O) groups excluding carboxylic acids is 1. The summed E-state index contributed by atoms with van der Waals surface area (Å²) < 4.78 is 5.51. The fraction of sp³-hybridized carbons (Fsp3) is 0.429. The minimum Gasteiger partial charge on any atom is -0.459 e. The summed E-state index contributed by atoms with van der Waals surface area (Å²) in [5, 5.41) is 12.0. The van der Waals surface area contributed by atoms with Gasteiger partial charge < -0.3 is 14.4 Å². The second-order valence-electron chi connectivity index (χ2n) is 4.97. The van der Waals surface area contributed by atoms with Gasteiger partial charge in [0.1, 0.15) is 11.5 Å². The third-order valence-corrected chi connectivity index (χ3v) is 4.28. The van der Waals surface area contributed by atoms with Crippen LogP contribution >= 0.6 is 11.3 Å². The summed E-state index contributed by atoms with van der Waals surface area (Å²) in [6.45, 7) is 3.06. The van der Waals surface area contributed by atoms with Crippen molar-refractivity contribution in [1.29, 1.82) is 0 Å². The van der Waals surface area contributed by atoms with Gasteiger partial charge in [-0.15, -0.1) is 11.3 Å². The van der Waals surface area contributed by atoms with Gasteiger partial charge in [0.05, 0.1) is 6.10 Å². The molecule has 5 nitrogen and oxygen atoms in total. The molecule has 1 fully saturated rings. The quantitative estimate of drug-likeness (QED) is 0.922. The highest BCUT2D eigenvalue weighted by molar-refractivity contribution is 7.13. The molecule has 2 aromatic rings. The molecule has 0 aliphatic carbocycles. The third-order valence-electron chi connectivity index (χ3n) is 3.43. The van der Waals surface area contributed by atoms with Gasteiger partial charge in [-0.3, -0.25) is 4.79 Å². The monoisotopic (exact) mass is 292 g/mol. The van der Waals surface area contributed by atoms with Gasteiger partial charge in [0.25, 0.3) is 5.91 Å². The van der Waals surface area contributed by atoms with Crippen molar-refractivity contribution in [2.24, 2.45) is 0 Å². The molecule has 2 aromatic heterocycles. The second-order valence-corrected chi connectivity index (χ2v) is 5.83. The smallest absolute Gasteiger partial charge is 0.273 e. The number of amides is 1. The van der Waals surface area contributed by atoms with E-state index in [-0.39, 0.29) is 12.0 Å². The highest BCUT2D eigenvalue weighted by atomic mass is 32.1. The van der Waals surface area contributed by atoms with Gasteiger partial charge in [-0.25, -0.2) is 4.98 Å². The Morgan fingerprint density at radius 2 is 2.20 bits per heavy atom. The zero-order valence-electron chi connectivity index (χ0n) is 11.2. The van der Waals surface area contributed by atoms with Crippen molar-refractivity contribution < 1.29 is 14.3 Å². The molecule has 0 spiro atoms. The molecule has 1 aliphatic heterocycles. The lowest BCUT2D eigenvalue weighted by molar-refractivity contribution is 0.0542. The average Bonchev–Trinajstić information content (AvgIpc) is 3.07. The van der Waals surface area contributed by atoms with Gasteiger partial charge >= 0.3 is 0 Å². The Morgan fingerprint density at radius 3 is 2.85 bits per heavy atom. The SMILES string of the molecule is Cc1ccc(-c2nc(C(=O)N3CCC(O)CC3)cs2)o1. The molecule has 0 saturated carbocycles. The summed E-state index contributed by atoms with van der Waals surface area (Å²) in [5.74, 6) is 1.45. The van der Waals surface area contributed by atoms with Crippen LogP contribution in [0.4, 0.5) is 0 Å². The average molecular weight is 292 g/mol. The van der Waals surface area contributed by atoms with Crippen molar-refractivity contribution in [3.63, 3.8) is 0 Å². The van der Waals surface area contributed by atoms with Gasteiger partial charge in [0.2, 0.25) is 0 Å². The summed E-state index contributed by atoms with van der Waals surface area (Å²) in [4.78, 5) is 18.4. The van der Waals surface area contributed by atoms with Crippen molar-refractivity contribution in [2.75, 3.05) is 13.1 Å². The first-order valence-electron chi connectivity index (χ1n) is 6.63. The minimum atomic E-state index is -0.281. The zero-order valence-corrected chi connectivity index (χ0v) is 12.0. The molecule has 0 radical (unpaired) electrons. The Bertz CT molecular complexity index is 611. The van der Waals surface area contributed by atoms with Gasteiger partial charge in [0, 0.05) is 18.5 Å².